The summed E-state index contributed by atoms with van der Waals surface area (Å²) in [5.41, 5.74) is 9.72. The zero-order valence-corrected chi connectivity index (χ0v) is 9.51. The van der Waals surface area contributed by atoms with Gasteiger partial charge in [-0.05, 0) is 24.6 Å². The lowest BCUT2D eigenvalue weighted by Gasteiger charge is -1.94. The summed E-state index contributed by atoms with van der Waals surface area (Å²) in [6.45, 7) is 2.00. The van der Waals surface area contributed by atoms with Crippen molar-refractivity contribution in [3.63, 3.8) is 0 Å². The van der Waals surface area contributed by atoms with Crippen molar-refractivity contribution in [2.75, 3.05) is 5.73 Å². The lowest BCUT2D eigenvalue weighted by molar-refractivity contribution is 0.756. The second-order valence-corrected chi connectivity index (χ2v) is 3.84. The molecule has 2 N–H and O–H groups in total. The summed E-state index contributed by atoms with van der Waals surface area (Å²) in [6, 6.07) is 7.79. The third kappa shape index (κ3) is 2.31. The van der Waals surface area contributed by atoms with Crippen molar-refractivity contribution in [1.82, 2.24) is 9.78 Å². The molecule has 0 saturated heterocycles. The molecule has 0 atom stereocenters. The second kappa shape index (κ2) is 4.23. The summed E-state index contributed by atoms with van der Waals surface area (Å²) in [4.78, 5) is 0. The number of benzene rings is 1. The highest BCUT2D eigenvalue weighted by atomic mass is 15.2. The lowest BCUT2D eigenvalue weighted by atomic mass is 10.1. The number of nitrogen functional groups attached to an aromatic ring is 1. The van der Waals surface area contributed by atoms with Crippen molar-refractivity contribution in [3.05, 3.63) is 47.3 Å². The Labute approximate surface area is 95.2 Å². The molecule has 1 heterocycles. The van der Waals surface area contributed by atoms with E-state index in [0.29, 0.717) is 0 Å². The molecule has 0 aliphatic rings. The second-order valence-electron chi connectivity index (χ2n) is 3.84. The average molecular weight is 213 g/mol. The van der Waals surface area contributed by atoms with Crippen LogP contribution >= 0.6 is 0 Å². The fourth-order valence-electron chi connectivity index (χ4n) is 1.57. The van der Waals surface area contributed by atoms with Gasteiger partial charge in [-0.3, -0.25) is 4.68 Å². The molecule has 0 unspecified atom stereocenters. The van der Waals surface area contributed by atoms with Gasteiger partial charge in [0.1, 0.15) is 0 Å². The average Bonchev–Trinajstić information content (AvgIpc) is 2.57. The summed E-state index contributed by atoms with van der Waals surface area (Å²) in [7, 11) is 1.92. The Morgan fingerprint density at radius 1 is 1.19 bits per heavy atom. The number of nitrogens with two attached hydrogens (primary N) is 1. The molecule has 0 aliphatic heterocycles. The third-order valence-electron chi connectivity index (χ3n) is 2.44. The van der Waals surface area contributed by atoms with Crippen LogP contribution in [0.5, 0.6) is 0 Å². The number of hydrogen-bond acceptors (Lipinski definition) is 2. The van der Waals surface area contributed by atoms with E-state index < -0.39 is 0 Å². The molecule has 3 nitrogen and oxygen atoms in total. The Bertz CT molecular complexity index is 506. The predicted molar refractivity (Wildman–Crippen MR) is 67.7 cm³/mol. The molecule has 0 radical (unpaired) electrons. The van der Waals surface area contributed by atoms with Crippen molar-refractivity contribution in [1.29, 1.82) is 0 Å². The Kier molecular flexibility index (Phi) is 2.77. The summed E-state index contributed by atoms with van der Waals surface area (Å²) in [6.07, 6.45) is 6.13. The first-order valence-corrected chi connectivity index (χ1v) is 5.19. The van der Waals surface area contributed by atoms with E-state index in [1.54, 1.807) is 0 Å². The van der Waals surface area contributed by atoms with Gasteiger partial charge in [-0.2, -0.15) is 5.10 Å². The molecule has 0 bridgehead atoms. The van der Waals surface area contributed by atoms with Gasteiger partial charge in [0.05, 0.1) is 5.69 Å². The van der Waals surface area contributed by atoms with E-state index in [1.165, 1.54) is 0 Å². The third-order valence-corrected chi connectivity index (χ3v) is 2.44. The van der Waals surface area contributed by atoms with Crippen LogP contribution in [0.3, 0.4) is 0 Å². The molecule has 2 rings (SSSR count). The maximum absolute atomic E-state index is 5.62. The molecule has 1 aromatic heterocycles. The summed E-state index contributed by atoms with van der Waals surface area (Å²) in [5.74, 6) is 0. The molecular formula is C13H15N3. The van der Waals surface area contributed by atoms with E-state index in [-0.39, 0.29) is 0 Å². The van der Waals surface area contributed by atoms with Crippen LogP contribution in [0.1, 0.15) is 16.8 Å². The zero-order chi connectivity index (χ0) is 11.5. The first-order valence-electron chi connectivity index (χ1n) is 5.19. The molecule has 82 valence electrons. The maximum Gasteiger partial charge on any atom is 0.0665 e. The number of aryl methyl sites for hydroxylation is 2. The van der Waals surface area contributed by atoms with Gasteiger partial charge in [0.2, 0.25) is 0 Å². The molecule has 16 heavy (non-hydrogen) atoms. The van der Waals surface area contributed by atoms with Crippen molar-refractivity contribution >= 4 is 17.8 Å². The molecule has 0 amide bonds. The van der Waals surface area contributed by atoms with Gasteiger partial charge in [-0.1, -0.05) is 24.3 Å². The predicted octanol–water partition coefficient (Wildman–Crippen LogP) is 2.48. The summed E-state index contributed by atoms with van der Waals surface area (Å²) >= 11 is 0. The molecule has 3 heteroatoms. The van der Waals surface area contributed by atoms with Crippen LogP contribution in [-0.2, 0) is 7.05 Å². The van der Waals surface area contributed by atoms with Crippen molar-refractivity contribution in [2.45, 2.75) is 6.92 Å². The number of hydrogen-bond donors (Lipinski definition) is 1. The number of rotatable bonds is 2. The molecule has 0 saturated carbocycles. The van der Waals surface area contributed by atoms with Gasteiger partial charge >= 0.3 is 0 Å². The van der Waals surface area contributed by atoms with E-state index in [2.05, 4.69) is 17.3 Å². The maximum atomic E-state index is 5.62. The highest BCUT2D eigenvalue weighted by Gasteiger charge is 1.97. The topological polar surface area (TPSA) is 43.8 Å². The summed E-state index contributed by atoms with van der Waals surface area (Å²) < 4.78 is 1.82. The Morgan fingerprint density at radius 2 is 1.88 bits per heavy atom. The minimum atomic E-state index is 0.787. The first kappa shape index (κ1) is 10.5. The normalized spacial score (nSPS) is 11.1. The fraction of sp³-hybridized carbons (Fsp3) is 0.154. The van der Waals surface area contributed by atoms with Crippen molar-refractivity contribution in [3.8, 4) is 0 Å². The van der Waals surface area contributed by atoms with Gasteiger partial charge in [0, 0.05) is 24.5 Å². The highest BCUT2D eigenvalue weighted by molar-refractivity contribution is 5.70. The monoisotopic (exact) mass is 213 g/mol. The van der Waals surface area contributed by atoms with Crippen LogP contribution in [0.4, 0.5) is 5.69 Å². The van der Waals surface area contributed by atoms with E-state index >= 15 is 0 Å². The highest BCUT2D eigenvalue weighted by Crippen LogP contribution is 2.12. The Balaban J connectivity index is 2.21. The van der Waals surface area contributed by atoms with E-state index in [9.17, 15) is 0 Å². The summed E-state index contributed by atoms with van der Waals surface area (Å²) in [5, 5.41) is 4.28. The van der Waals surface area contributed by atoms with Crippen LogP contribution < -0.4 is 5.73 Å². The van der Waals surface area contributed by atoms with E-state index in [0.717, 1.165) is 22.5 Å². The van der Waals surface area contributed by atoms with Gasteiger partial charge < -0.3 is 5.73 Å². The standard InChI is InChI=1S/C13H15N3/c1-10-12(9-16(2)15-10)6-3-11-4-7-13(14)8-5-11/h3-9H,14H2,1-2H3/b6-3-. The van der Waals surface area contributed by atoms with Gasteiger partial charge in [-0.15, -0.1) is 0 Å². The van der Waals surface area contributed by atoms with Gasteiger partial charge in [0.15, 0.2) is 0 Å². The largest absolute Gasteiger partial charge is 0.399 e. The number of anilines is 1. The SMILES string of the molecule is Cc1nn(C)cc1/C=C\c1ccc(N)cc1. The Hall–Kier alpha value is -2.03. The Morgan fingerprint density at radius 3 is 2.44 bits per heavy atom. The fourth-order valence-corrected chi connectivity index (χ4v) is 1.57. The van der Waals surface area contributed by atoms with Crippen molar-refractivity contribution < 1.29 is 0 Å². The molecule has 0 fully saturated rings. The van der Waals surface area contributed by atoms with Crippen LogP contribution in [-0.4, -0.2) is 9.78 Å². The molecular weight excluding hydrogens is 198 g/mol. The molecule has 0 spiro atoms. The quantitative estimate of drug-likeness (QED) is 0.779. The zero-order valence-electron chi connectivity index (χ0n) is 9.51. The van der Waals surface area contributed by atoms with Gasteiger partial charge in [0.25, 0.3) is 0 Å². The molecule has 2 aromatic rings. The molecule has 0 aliphatic carbocycles. The minimum Gasteiger partial charge on any atom is -0.399 e. The number of nitrogens with zero attached hydrogens (tertiary/aromatic N) is 2. The smallest absolute Gasteiger partial charge is 0.0665 e. The van der Waals surface area contributed by atoms with Crippen LogP contribution in [0, 0.1) is 6.92 Å². The van der Waals surface area contributed by atoms with Crippen molar-refractivity contribution in [2.24, 2.45) is 7.05 Å². The van der Waals surface area contributed by atoms with Crippen LogP contribution in [0.15, 0.2) is 30.5 Å². The first-order chi connectivity index (χ1) is 7.65. The van der Waals surface area contributed by atoms with E-state index in [1.807, 2.05) is 49.1 Å². The van der Waals surface area contributed by atoms with Crippen LogP contribution in [0.2, 0.25) is 0 Å². The van der Waals surface area contributed by atoms with E-state index in [4.69, 9.17) is 5.73 Å². The van der Waals surface area contributed by atoms with Gasteiger partial charge in [-0.25, -0.2) is 0 Å². The molecule has 1 aromatic carbocycles. The minimum absolute atomic E-state index is 0.787. The lowest BCUT2D eigenvalue weighted by Crippen LogP contribution is -1.86. The number of aromatic nitrogens is 2. The van der Waals surface area contributed by atoms with Crippen LogP contribution in [0.25, 0.3) is 12.2 Å².